The smallest absolute Gasteiger partial charge is 0.318 e. The molecule has 1 saturated heterocycles. The molecule has 1 rings (SSSR count). The molecule has 1 aliphatic heterocycles. The van der Waals surface area contributed by atoms with Crippen molar-refractivity contribution in [2.24, 2.45) is 5.73 Å². The third-order valence-corrected chi connectivity index (χ3v) is 2.76. The predicted molar refractivity (Wildman–Crippen MR) is 58.8 cm³/mol. The summed E-state index contributed by atoms with van der Waals surface area (Å²) in [5.74, 6) is 0. The van der Waals surface area contributed by atoms with Crippen LogP contribution in [0.15, 0.2) is 0 Å². The molecule has 0 bridgehead atoms. The quantitative estimate of drug-likeness (QED) is 0.790. The maximum absolute atomic E-state index is 12.4. The van der Waals surface area contributed by atoms with E-state index in [1.54, 1.807) is 0 Å². The number of piperidine rings is 1. The van der Waals surface area contributed by atoms with Crippen molar-refractivity contribution in [1.82, 2.24) is 4.90 Å². The zero-order valence-electron chi connectivity index (χ0n) is 8.51. The van der Waals surface area contributed by atoms with Gasteiger partial charge in [-0.2, -0.15) is 13.2 Å². The van der Waals surface area contributed by atoms with Crippen molar-refractivity contribution in [2.75, 3.05) is 19.6 Å². The Hall–Kier alpha value is 0.290. The van der Waals surface area contributed by atoms with E-state index in [0.717, 1.165) is 6.54 Å². The summed E-state index contributed by atoms with van der Waals surface area (Å²) in [7, 11) is 0. The third-order valence-electron chi connectivity index (χ3n) is 2.76. The van der Waals surface area contributed by atoms with Gasteiger partial charge in [0.25, 0.3) is 0 Å². The van der Waals surface area contributed by atoms with Gasteiger partial charge in [-0.1, -0.05) is 6.92 Å². The van der Waals surface area contributed by atoms with E-state index in [0.29, 0.717) is 13.1 Å². The topological polar surface area (TPSA) is 29.3 Å². The van der Waals surface area contributed by atoms with Crippen LogP contribution < -0.4 is 5.73 Å². The van der Waals surface area contributed by atoms with Crippen LogP contribution in [0.5, 0.6) is 0 Å². The Kier molecular flexibility index (Phi) is 7.23. The first-order valence-electron chi connectivity index (χ1n) is 4.47. The molecule has 0 spiro atoms. The molecule has 15 heavy (non-hydrogen) atoms. The Bertz CT molecular complexity index is 179. The molecule has 2 nitrogen and oxygen atoms in total. The van der Waals surface area contributed by atoms with E-state index in [2.05, 4.69) is 0 Å². The molecule has 2 N–H and O–H groups in total. The van der Waals surface area contributed by atoms with Crippen molar-refractivity contribution in [3.8, 4) is 0 Å². The van der Waals surface area contributed by atoms with Crippen molar-refractivity contribution in [1.29, 1.82) is 0 Å². The van der Waals surface area contributed by atoms with Gasteiger partial charge in [0, 0.05) is 13.1 Å². The van der Waals surface area contributed by atoms with Gasteiger partial charge >= 0.3 is 6.18 Å². The largest absolute Gasteiger partial charge is 0.406 e. The van der Waals surface area contributed by atoms with Crippen LogP contribution >= 0.6 is 24.8 Å². The first-order chi connectivity index (χ1) is 5.89. The minimum atomic E-state index is -4.26. The summed E-state index contributed by atoms with van der Waals surface area (Å²) >= 11 is 0. The lowest BCUT2D eigenvalue weighted by Gasteiger charge is -2.39. The number of nitrogens with two attached hydrogens (primary N) is 1. The number of hydrogen-bond donors (Lipinski definition) is 1. The summed E-state index contributed by atoms with van der Waals surface area (Å²) in [6.07, 6.45) is -4.22. The Morgan fingerprint density at radius 2 is 1.60 bits per heavy atom. The molecule has 0 unspecified atom stereocenters. The summed E-state index contributed by atoms with van der Waals surface area (Å²) in [6.45, 7) is 3.64. The van der Waals surface area contributed by atoms with Gasteiger partial charge in [0.2, 0.25) is 0 Å². The molecule has 1 fully saturated rings. The Morgan fingerprint density at radius 1 is 1.20 bits per heavy atom. The number of likely N-dealkylation sites (tertiary alicyclic amines) is 1. The lowest BCUT2D eigenvalue weighted by Crippen LogP contribution is -2.59. The van der Waals surface area contributed by atoms with E-state index in [9.17, 15) is 13.2 Å². The summed E-state index contributed by atoms with van der Waals surface area (Å²) in [4.78, 5) is 1.98. The van der Waals surface area contributed by atoms with E-state index in [1.165, 1.54) is 0 Å². The lowest BCUT2D eigenvalue weighted by molar-refractivity contribution is -0.197. The molecule has 0 atom stereocenters. The van der Waals surface area contributed by atoms with Crippen molar-refractivity contribution in [2.45, 2.75) is 31.5 Å². The summed E-state index contributed by atoms with van der Waals surface area (Å²) in [5.41, 5.74) is 3.36. The second-order valence-corrected chi connectivity index (χ2v) is 3.59. The molecule has 0 aromatic rings. The Labute approximate surface area is 100 Å². The van der Waals surface area contributed by atoms with Crippen molar-refractivity contribution >= 4 is 24.8 Å². The standard InChI is InChI=1S/C8H15F3N2.2ClH/c1-2-13-5-3-7(12,4-6-13)8(9,10)11;;/h2-6,12H2,1H3;2*1H. The molecule has 0 aromatic heterocycles. The van der Waals surface area contributed by atoms with Crippen molar-refractivity contribution in [3.05, 3.63) is 0 Å². The first-order valence-corrected chi connectivity index (χ1v) is 4.47. The fourth-order valence-electron chi connectivity index (χ4n) is 1.55. The normalized spacial score (nSPS) is 21.4. The molecular formula is C8H17Cl2F3N2. The van der Waals surface area contributed by atoms with Crippen molar-refractivity contribution < 1.29 is 13.2 Å². The SMILES string of the molecule is CCN1CCC(N)(C(F)(F)F)CC1.Cl.Cl. The molecule has 7 heteroatoms. The second kappa shape index (κ2) is 6.13. The average molecular weight is 269 g/mol. The monoisotopic (exact) mass is 268 g/mol. The van der Waals surface area contributed by atoms with Crippen LogP contribution in [-0.4, -0.2) is 36.2 Å². The van der Waals surface area contributed by atoms with E-state index in [4.69, 9.17) is 5.73 Å². The van der Waals surface area contributed by atoms with Crippen LogP contribution in [0.2, 0.25) is 0 Å². The highest BCUT2D eigenvalue weighted by atomic mass is 35.5. The van der Waals surface area contributed by atoms with E-state index in [1.807, 2.05) is 11.8 Å². The highest BCUT2D eigenvalue weighted by Gasteiger charge is 2.52. The first kappa shape index (κ1) is 17.7. The van der Waals surface area contributed by atoms with E-state index in [-0.39, 0.29) is 37.7 Å². The van der Waals surface area contributed by atoms with Crippen LogP contribution in [0.1, 0.15) is 19.8 Å². The van der Waals surface area contributed by atoms with Crippen LogP contribution in [0.25, 0.3) is 0 Å². The van der Waals surface area contributed by atoms with Crippen molar-refractivity contribution in [3.63, 3.8) is 0 Å². The van der Waals surface area contributed by atoms with Gasteiger partial charge < -0.3 is 10.6 Å². The van der Waals surface area contributed by atoms with Crippen LogP contribution in [-0.2, 0) is 0 Å². The number of rotatable bonds is 1. The molecule has 94 valence electrons. The van der Waals surface area contributed by atoms with Gasteiger partial charge in [-0.3, -0.25) is 0 Å². The second-order valence-electron chi connectivity index (χ2n) is 3.59. The van der Waals surface area contributed by atoms with Gasteiger partial charge in [0.05, 0.1) is 0 Å². The number of nitrogens with zero attached hydrogens (tertiary/aromatic N) is 1. The lowest BCUT2D eigenvalue weighted by atomic mass is 9.88. The molecule has 0 saturated carbocycles. The molecular weight excluding hydrogens is 252 g/mol. The van der Waals surface area contributed by atoms with E-state index >= 15 is 0 Å². The fraction of sp³-hybridized carbons (Fsp3) is 1.00. The molecule has 0 radical (unpaired) electrons. The molecule has 1 aliphatic rings. The summed E-state index contributed by atoms with van der Waals surface area (Å²) in [5, 5.41) is 0. The fourth-order valence-corrected chi connectivity index (χ4v) is 1.55. The molecule has 0 aliphatic carbocycles. The number of alkyl halides is 3. The Morgan fingerprint density at radius 3 is 1.87 bits per heavy atom. The minimum Gasteiger partial charge on any atom is -0.318 e. The molecule has 1 heterocycles. The Balaban J connectivity index is 0. The number of hydrogen-bond acceptors (Lipinski definition) is 2. The maximum Gasteiger partial charge on any atom is 0.406 e. The highest BCUT2D eigenvalue weighted by Crippen LogP contribution is 2.36. The van der Waals surface area contributed by atoms with Gasteiger partial charge in [-0.25, -0.2) is 0 Å². The average Bonchev–Trinajstić information content (AvgIpc) is 2.04. The van der Waals surface area contributed by atoms with Gasteiger partial charge in [0.1, 0.15) is 5.54 Å². The summed E-state index contributed by atoms with van der Waals surface area (Å²) < 4.78 is 37.2. The van der Waals surface area contributed by atoms with Crippen LogP contribution in [0, 0.1) is 0 Å². The summed E-state index contributed by atoms with van der Waals surface area (Å²) in [6, 6.07) is 0. The molecule has 0 amide bonds. The van der Waals surface area contributed by atoms with Gasteiger partial charge in [-0.05, 0) is 19.4 Å². The number of halogens is 5. The van der Waals surface area contributed by atoms with Crippen LogP contribution in [0.4, 0.5) is 13.2 Å². The zero-order chi connectivity index (χ0) is 10.1. The van der Waals surface area contributed by atoms with Gasteiger partial charge in [0.15, 0.2) is 0 Å². The minimum absolute atomic E-state index is 0. The zero-order valence-corrected chi connectivity index (χ0v) is 10.1. The maximum atomic E-state index is 12.4. The van der Waals surface area contributed by atoms with Gasteiger partial charge in [-0.15, -0.1) is 24.8 Å². The molecule has 0 aromatic carbocycles. The third kappa shape index (κ3) is 3.98. The van der Waals surface area contributed by atoms with E-state index < -0.39 is 11.7 Å². The highest BCUT2D eigenvalue weighted by molar-refractivity contribution is 5.85. The van der Waals surface area contributed by atoms with Crippen LogP contribution in [0.3, 0.4) is 0 Å². The predicted octanol–water partition coefficient (Wildman–Crippen LogP) is 2.21.